The highest BCUT2D eigenvalue weighted by molar-refractivity contribution is 5.70. The number of carbonyl (C=O) groups is 1. The van der Waals surface area contributed by atoms with Crippen molar-refractivity contribution < 1.29 is 9.90 Å². The lowest BCUT2D eigenvalue weighted by molar-refractivity contribution is -0.142. The second-order valence-electron chi connectivity index (χ2n) is 5.80. The molecule has 1 aromatic carbocycles. The Hall–Kier alpha value is -1.31. The lowest BCUT2D eigenvalue weighted by Crippen LogP contribution is -2.20. The summed E-state index contributed by atoms with van der Waals surface area (Å²) in [5.74, 6) is -0.362. The molecule has 2 nitrogen and oxygen atoms in total. The number of hydrogen-bond donors (Lipinski definition) is 1. The average molecular weight is 244 g/mol. The van der Waals surface area contributed by atoms with Crippen LogP contribution in [0, 0.1) is 11.8 Å². The maximum atomic E-state index is 11.2. The molecule has 3 rings (SSSR count). The van der Waals surface area contributed by atoms with Crippen LogP contribution in [0.2, 0.25) is 0 Å². The fraction of sp³-hybridized carbons (Fsp3) is 0.562. The molecule has 0 heterocycles. The van der Waals surface area contributed by atoms with Gasteiger partial charge in [-0.15, -0.1) is 0 Å². The van der Waals surface area contributed by atoms with Crippen LogP contribution >= 0.6 is 0 Å². The topological polar surface area (TPSA) is 37.3 Å². The predicted octanol–water partition coefficient (Wildman–Crippen LogP) is 3.22. The first-order chi connectivity index (χ1) is 8.74. The molecule has 0 bridgehead atoms. The van der Waals surface area contributed by atoms with Crippen molar-refractivity contribution in [1.29, 1.82) is 0 Å². The minimum absolute atomic E-state index is 0.113. The van der Waals surface area contributed by atoms with Gasteiger partial charge in [-0.1, -0.05) is 24.6 Å². The van der Waals surface area contributed by atoms with Crippen LogP contribution in [0.4, 0.5) is 0 Å². The van der Waals surface area contributed by atoms with Gasteiger partial charge in [0.25, 0.3) is 0 Å². The molecule has 2 aliphatic rings. The Kier molecular flexibility index (Phi) is 3.11. The van der Waals surface area contributed by atoms with E-state index in [-0.39, 0.29) is 5.92 Å². The summed E-state index contributed by atoms with van der Waals surface area (Å²) in [6, 6.07) is 6.78. The Morgan fingerprint density at radius 3 is 2.83 bits per heavy atom. The molecule has 0 spiro atoms. The Morgan fingerprint density at radius 2 is 2.00 bits per heavy atom. The molecule has 0 aromatic heterocycles. The largest absolute Gasteiger partial charge is 0.481 e. The third-order valence-corrected chi connectivity index (χ3v) is 4.64. The van der Waals surface area contributed by atoms with Crippen LogP contribution in [0.1, 0.15) is 42.4 Å². The molecule has 2 heteroatoms. The highest BCUT2D eigenvalue weighted by atomic mass is 16.4. The van der Waals surface area contributed by atoms with Gasteiger partial charge in [0, 0.05) is 0 Å². The molecule has 1 aromatic rings. The summed E-state index contributed by atoms with van der Waals surface area (Å²) in [6.45, 7) is 0. The fourth-order valence-electron chi connectivity index (χ4n) is 3.66. The van der Waals surface area contributed by atoms with Crippen molar-refractivity contribution in [2.45, 2.75) is 44.9 Å². The number of fused-ring (bicyclic) bond motifs is 1. The van der Waals surface area contributed by atoms with Crippen LogP contribution in [-0.2, 0) is 24.1 Å². The van der Waals surface area contributed by atoms with E-state index >= 15 is 0 Å². The number of carboxylic acids is 1. The van der Waals surface area contributed by atoms with E-state index in [0.717, 1.165) is 25.7 Å². The molecular weight excluding hydrogens is 224 g/mol. The zero-order chi connectivity index (χ0) is 12.5. The van der Waals surface area contributed by atoms with E-state index in [2.05, 4.69) is 18.2 Å². The van der Waals surface area contributed by atoms with Crippen LogP contribution in [0.3, 0.4) is 0 Å². The van der Waals surface area contributed by atoms with Gasteiger partial charge in [0.1, 0.15) is 0 Å². The highest BCUT2D eigenvalue weighted by Crippen LogP contribution is 2.35. The molecule has 0 aliphatic heterocycles. The van der Waals surface area contributed by atoms with Gasteiger partial charge in [0.15, 0.2) is 0 Å². The van der Waals surface area contributed by atoms with Crippen molar-refractivity contribution >= 4 is 5.97 Å². The molecule has 1 fully saturated rings. The Labute approximate surface area is 108 Å². The van der Waals surface area contributed by atoms with Crippen molar-refractivity contribution in [3.8, 4) is 0 Å². The van der Waals surface area contributed by atoms with Crippen LogP contribution in [0.15, 0.2) is 18.2 Å². The highest BCUT2D eigenvalue weighted by Gasteiger charge is 2.32. The van der Waals surface area contributed by atoms with Gasteiger partial charge >= 0.3 is 5.97 Å². The number of rotatable bonds is 3. The first-order valence-corrected chi connectivity index (χ1v) is 7.07. The SMILES string of the molecule is O=C(O)C1CCCC1Cc1ccc2c(c1)CCC2. The van der Waals surface area contributed by atoms with Gasteiger partial charge in [-0.3, -0.25) is 4.79 Å². The monoisotopic (exact) mass is 244 g/mol. The molecular formula is C16H20O2. The van der Waals surface area contributed by atoms with Gasteiger partial charge in [-0.25, -0.2) is 0 Å². The Balaban J connectivity index is 1.74. The van der Waals surface area contributed by atoms with Gasteiger partial charge in [-0.05, 0) is 61.1 Å². The normalized spacial score (nSPS) is 26.2. The van der Waals surface area contributed by atoms with Crippen molar-refractivity contribution in [3.63, 3.8) is 0 Å². The van der Waals surface area contributed by atoms with E-state index in [0.29, 0.717) is 5.92 Å². The predicted molar refractivity (Wildman–Crippen MR) is 70.6 cm³/mol. The summed E-state index contributed by atoms with van der Waals surface area (Å²) in [5.41, 5.74) is 4.34. The standard InChI is InChI=1S/C16H20O2/c17-16(18)15-6-2-5-14(15)10-11-7-8-12-3-1-4-13(12)9-11/h7-9,14-15H,1-6,10H2,(H,17,18). The summed E-state index contributed by atoms with van der Waals surface area (Å²) in [4.78, 5) is 11.2. The molecule has 2 aliphatic carbocycles. The van der Waals surface area contributed by atoms with Gasteiger partial charge in [0.2, 0.25) is 0 Å². The van der Waals surface area contributed by atoms with Crippen LogP contribution in [0.25, 0.3) is 0 Å². The van der Waals surface area contributed by atoms with Crippen molar-refractivity contribution in [2.24, 2.45) is 11.8 Å². The third kappa shape index (κ3) is 2.16. The van der Waals surface area contributed by atoms with Crippen molar-refractivity contribution in [1.82, 2.24) is 0 Å². The Bertz CT molecular complexity index is 464. The van der Waals surface area contributed by atoms with E-state index in [1.54, 1.807) is 0 Å². The molecule has 18 heavy (non-hydrogen) atoms. The maximum absolute atomic E-state index is 11.2. The summed E-state index contributed by atoms with van der Waals surface area (Å²) in [7, 11) is 0. The molecule has 1 saturated carbocycles. The van der Waals surface area contributed by atoms with Crippen LogP contribution in [-0.4, -0.2) is 11.1 Å². The Morgan fingerprint density at radius 1 is 1.17 bits per heavy atom. The molecule has 0 radical (unpaired) electrons. The summed E-state index contributed by atoms with van der Waals surface area (Å²) >= 11 is 0. The van der Waals surface area contributed by atoms with Crippen LogP contribution in [0.5, 0.6) is 0 Å². The van der Waals surface area contributed by atoms with Gasteiger partial charge < -0.3 is 5.11 Å². The van der Waals surface area contributed by atoms with Gasteiger partial charge in [-0.2, -0.15) is 0 Å². The number of benzene rings is 1. The molecule has 96 valence electrons. The van der Waals surface area contributed by atoms with Gasteiger partial charge in [0.05, 0.1) is 5.92 Å². The van der Waals surface area contributed by atoms with E-state index in [4.69, 9.17) is 0 Å². The lowest BCUT2D eigenvalue weighted by atomic mass is 9.89. The van der Waals surface area contributed by atoms with Crippen molar-refractivity contribution in [3.05, 3.63) is 34.9 Å². The zero-order valence-electron chi connectivity index (χ0n) is 10.7. The maximum Gasteiger partial charge on any atom is 0.306 e. The molecule has 0 amide bonds. The number of aryl methyl sites for hydroxylation is 2. The van der Waals surface area contributed by atoms with Crippen molar-refractivity contribution in [2.75, 3.05) is 0 Å². The quantitative estimate of drug-likeness (QED) is 0.886. The minimum Gasteiger partial charge on any atom is -0.481 e. The zero-order valence-corrected chi connectivity index (χ0v) is 10.7. The van der Waals surface area contributed by atoms with Crippen LogP contribution < -0.4 is 0 Å². The average Bonchev–Trinajstić information content (AvgIpc) is 2.96. The smallest absolute Gasteiger partial charge is 0.306 e. The first-order valence-electron chi connectivity index (χ1n) is 7.07. The second-order valence-corrected chi connectivity index (χ2v) is 5.80. The molecule has 2 atom stereocenters. The number of carboxylic acid groups (broad SMARTS) is 1. The molecule has 2 unspecified atom stereocenters. The summed E-state index contributed by atoms with van der Waals surface area (Å²) in [5, 5.41) is 9.22. The summed E-state index contributed by atoms with van der Waals surface area (Å²) < 4.78 is 0. The van der Waals surface area contributed by atoms with E-state index in [9.17, 15) is 9.90 Å². The fourth-order valence-corrected chi connectivity index (χ4v) is 3.66. The second kappa shape index (κ2) is 4.75. The lowest BCUT2D eigenvalue weighted by Gasteiger charge is -2.16. The first kappa shape index (κ1) is 11.8. The molecule has 1 N–H and O–H groups in total. The van der Waals surface area contributed by atoms with E-state index in [1.807, 2.05) is 0 Å². The number of hydrogen-bond acceptors (Lipinski definition) is 1. The minimum atomic E-state index is -0.598. The summed E-state index contributed by atoms with van der Waals surface area (Å²) in [6.07, 6.45) is 7.67. The van der Waals surface area contributed by atoms with E-state index < -0.39 is 5.97 Å². The third-order valence-electron chi connectivity index (χ3n) is 4.64. The number of aliphatic carboxylic acids is 1. The van der Waals surface area contributed by atoms with E-state index in [1.165, 1.54) is 36.0 Å². The molecule has 0 saturated heterocycles.